The number of carbonyl (C=O) groups is 1. The molecule has 0 aliphatic carbocycles. The number of anilines is 1. The van der Waals surface area contributed by atoms with Crippen LogP contribution in [0.5, 0.6) is 0 Å². The molecule has 6 heteroatoms. The Morgan fingerprint density at radius 1 is 1.47 bits per heavy atom. The molecule has 2 heterocycles. The van der Waals surface area contributed by atoms with Gasteiger partial charge in [-0.25, -0.2) is 4.98 Å². The van der Waals surface area contributed by atoms with E-state index in [0.29, 0.717) is 17.4 Å². The first kappa shape index (κ1) is 13.8. The lowest BCUT2D eigenvalue weighted by atomic mass is 10.2. The summed E-state index contributed by atoms with van der Waals surface area (Å²) in [6, 6.07) is 5.40. The van der Waals surface area contributed by atoms with Gasteiger partial charge in [0.2, 0.25) is 0 Å². The van der Waals surface area contributed by atoms with E-state index in [1.165, 1.54) is 0 Å². The van der Waals surface area contributed by atoms with Gasteiger partial charge in [-0.1, -0.05) is 11.6 Å². The topological polar surface area (TPSA) is 45.2 Å². The zero-order valence-corrected chi connectivity index (χ0v) is 12.3. The maximum Gasteiger partial charge on any atom is 0.274 e. The normalized spacial score (nSPS) is 10.3. The highest BCUT2D eigenvalue weighted by atomic mass is 35.5. The maximum absolute atomic E-state index is 12.3. The first-order valence-electron chi connectivity index (χ1n) is 5.72. The van der Waals surface area contributed by atoms with Gasteiger partial charge >= 0.3 is 0 Å². The highest BCUT2D eigenvalue weighted by Crippen LogP contribution is 2.19. The van der Waals surface area contributed by atoms with E-state index >= 15 is 0 Å². The van der Waals surface area contributed by atoms with Crippen molar-refractivity contribution in [3.8, 4) is 0 Å². The third kappa shape index (κ3) is 3.24. The van der Waals surface area contributed by atoms with E-state index in [4.69, 9.17) is 11.6 Å². The van der Waals surface area contributed by atoms with E-state index in [1.54, 1.807) is 42.5 Å². The van der Waals surface area contributed by atoms with E-state index in [1.807, 2.05) is 16.8 Å². The van der Waals surface area contributed by atoms with Crippen LogP contribution in [0.2, 0.25) is 5.02 Å². The molecule has 100 valence electrons. The van der Waals surface area contributed by atoms with E-state index in [2.05, 4.69) is 10.3 Å². The van der Waals surface area contributed by atoms with Crippen LogP contribution >= 0.6 is 22.9 Å². The van der Waals surface area contributed by atoms with Crippen molar-refractivity contribution in [3.63, 3.8) is 0 Å². The number of aromatic nitrogens is 1. The predicted molar refractivity (Wildman–Crippen MR) is 78.9 cm³/mol. The first-order valence-corrected chi connectivity index (χ1v) is 7.04. The zero-order chi connectivity index (χ0) is 13.8. The Balaban J connectivity index is 2.18. The lowest BCUT2D eigenvalue weighted by molar-refractivity contribution is 0.0780. The third-order valence-corrected chi connectivity index (χ3v) is 3.69. The average Bonchev–Trinajstić information content (AvgIpc) is 2.91. The largest absolute Gasteiger partial charge is 0.373 e. The Morgan fingerprint density at radius 3 is 2.89 bits per heavy atom. The van der Waals surface area contributed by atoms with Crippen LogP contribution in [0.25, 0.3) is 0 Å². The van der Waals surface area contributed by atoms with Gasteiger partial charge in [-0.15, -0.1) is 0 Å². The molecule has 1 amide bonds. The number of rotatable bonds is 4. The van der Waals surface area contributed by atoms with Crippen molar-refractivity contribution < 1.29 is 4.79 Å². The van der Waals surface area contributed by atoms with Gasteiger partial charge in [-0.05, 0) is 34.5 Å². The molecule has 0 fully saturated rings. The average molecular weight is 296 g/mol. The molecule has 4 nitrogen and oxygen atoms in total. The van der Waals surface area contributed by atoms with Gasteiger partial charge in [0.1, 0.15) is 11.5 Å². The molecule has 0 radical (unpaired) electrons. The summed E-state index contributed by atoms with van der Waals surface area (Å²) in [4.78, 5) is 18.1. The van der Waals surface area contributed by atoms with E-state index in [-0.39, 0.29) is 11.6 Å². The Morgan fingerprint density at radius 2 is 2.26 bits per heavy atom. The minimum absolute atomic E-state index is 0.187. The summed E-state index contributed by atoms with van der Waals surface area (Å²) in [6.07, 6.45) is 0. The quantitative estimate of drug-likeness (QED) is 0.942. The van der Waals surface area contributed by atoms with Gasteiger partial charge in [0.25, 0.3) is 5.91 Å². The molecule has 1 N–H and O–H groups in total. The highest BCUT2D eigenvalue weighted by molar-refractivity contribution is 7.07. The molecule has 0 spiro atoms. The van der Waals surface area contributed by atoms with Crippen molar-refractivity contribution in [3.05, 3.63) is 45.2 Å². The Hall–Kier alpha value is -1.59. The van der Waals surface area contributed by atoms with Crippen LogP contribution in [0, 0.1) is 0 Å². The fourth-order valence-corrected chi connectivity index (χ4v) is 2.49. The summed E-state index contributed by atoms with van der Waals surface area (Å²) in [7, 11) is 3.49. The Kier molecular flexibility index (Phi) is 4.39. The van der Waals surface area contributed by atoms with Gasteiger partial charge in [0.15, 0.2) is 0 Å². The number of carbonyl (C=O) groups excluding carboxylic acids is 1. The molecule has 0 atom stereocenters. The van der Waals surface area contributed by atoms with Gasteiger partial charge in [0.05, 0.1) is 5.02 Å². The summed E-state index contributed by atoms with van der Waals surface area (Å²) >= 11 is 7.65. The van der Waals surface area contributed by atoms with Gasteiger partial charge in [-0.2, -0.15) is 11.3 Å². The number of nitrogens with one attached hydrogen (secondary N) is 1. The number of amides is 1. The van der Waals surface area contributed by atoms with Crippen molar-refractivity contribution >= 4 is 34.7 Å². The van der Waals surface area contributed by atoms with Gasteiger partial charge in [-0.3, -0.25) is 4.79 Å². The zero-order valence-electron chi connectivity index (χ0n) is 10.7. The predicted octanol–water partition coefficient (Wildman–Crippen LogP) is 3.11. The SMILES string of the molecule is CNc1ccc(Cl)c(C(=O)N(C)Cc2ccsc2)n1. The number of nitrogens with zero attached hydrogens (tertiary/aromatic N) is 2. The van der Waals surface area contributed by atoms with Crippen LogP contribution in [0.4, 0.5) is 5.82 Å². The molecule has 2 aromatic heterocycles. The van der Waals surface area contributed by atoms with Crippen LogP contribution in [0.1, 0.15) is 16.1 Å². The van der Waals surface area contributed by atoms with Crippen LogP contribution < -0.4 is 5.32 Å². The molecule has 0 aliphatic heterocycles. The third-order valence-electron chi connectivity index (χ3n) is 2.65. The minimum Gasteiger partial charge on any atom is -0.373 e. The Labute approximate surface area is 121 Å². The van der Waals surface area contributed by atoms with Crippen molar-refractivity contribution in [2.75, 3.05) is 19.4 Å². The summed E-state index contributed by atoms with van der Waals surface area (Å²) in [6.45, 7) is 0.546. The second kappa shape index (κ2) is 6.04. The minimum atomic E-state index is -0.187. The summed E-state index contributed by atoms with van der Waals surface area (Å²) in [5, 5.41) is 7.26. The molecule has 0 bridgehead atoms. The lowest BCUT2D eigenvalue weighted by Gasteiger charge is -2.17. The molecule has 0 aromatic carbocycles. The highest BCUT2D eigenvalue weighted by Gasteiger charge is 2.17. The molecule has 0 unspecified atom stereocenters. The number of halogens is 1. The molecule has 0 aliphatic rings. The molecule has 0 saturated carbocycles. The second-order valence-electron chi connectivity index (χ2n) is 4.07. The maximum atomic E-state index is 12.3. The van der Waals surface area contributed by atoms with Crippen LogP contribution in [0.3, 0.4) is 0 Å². The fraction of sp³-hybridized carbons (Fsp3) is 0.231. The van der Waals surface area contributed by atoms with Crippen LogP contribution in [0.15, 0.2) is 29.0 Å². The fourth-order valence-electron chi connectivity index (χ4n) is 1.64. The van der Waals surface area contributed by atoms with Crippen molar-refractivity contribution in [2.45, 2.75) is 6.54 Å². The number of hydrogen-bond acceptors (Lipinski definition) is 4. The van der Waals surface area contributed by atoms with Crippen molar-refractivity contribution in [2.24, 2.45) is 0 Å². The van der Waals surface area contributed by atoms with Crippen molar-refractivity contribution in [1.82, 2.24) is 9.88 Å². The smallest absolute Gasteiger partial charge is 0.274 e. The number of hydrogen-bond donors (Lipinski definition) is 1. The lowest BCUT2D eigenvalue weighted by Crippen LogP contribution is -2.27. The molecule has 2 rings (SSSR count). The molecule has 0 saturated heterocycles. The Bertz CT molecular complexity index is 571. The summed E-state index contributed by atoms with van der Waals surface area (Å²) in [5.41, 5.74) is 1.37. The standard InChI is InChI=1S/C13H14ClN3OS/c1-15-11-4-3-10(14)12(16-11)13(18)17(2)7-9-5-6-19-8-9/h3-6,8H,7H2,1-2H3,(H,15,16). The monoisotopic (exact) mass is 295 g/mol. The van der Waals surface area contributed by atoms with E-state index < -0.39 is 0 Å². The summed E-state index contributed by atoms with van der Waals surface area (Å²) < 4.78 is 0. The number of thiophene rings is 1. The molecule has 2 aromatic rings. The molecular formula is C13H14ClN3OS. The van der Waals surface area contributed by atoms with Crippen molar-refractivity contribution in [1.29, 1.82) is 0 Å². The van der Waals surface area contributed by atoms with Crippen LogP contribution in [-0.2, 0) is 6.54 Å². The first-order chi connectivity index (χ1) is 9.11. The second-order valence-corrected chi connectivity index (χ2v) is 5.26. The molecular weight excluding hydrogens is 282 g/mol. The molecule has 19 heavy (non-hydrogen) atoms. The van der Waals surface area contributed by atoms with Crippen LogP contribution in [-0.4, -0.2) is 29.9 Å². The van der Waals surface area contributed by atoms with Gasteiger partial charge in [0, 0.05) is 20.6 Å². The summed E-state index contributed by atoms with van der Waals surface area (Å²) in [5.74, 6) is 0.435. The van der Waals surface area contributed by atoms with E-state index in [9.17, 15) is 4.79 Å². The number of pyridine rings is 1. The van der Waals surface area contributed by atoms with Gasteiger partial charge < -0.3 is 10.2 Å². The van der Waals surface area contributed by atoms with E-state index in [0.717, 1.165) is 5.56 Å².